The smallest absolute Gasteiger partial charge is 0.255 e. The van der Waals surface area contributed by atoms with Crippen LogP contribution in [0, 0.1) is 0 Å². The second-order valence-electron chi connectivity index (χ2n) is 6.36. The molecule has 2 aromatic carbocycles. The van der Waals surface area contributed by atoms with Crippen molar-refractivity contribution in [3.63, 3.8) is 0 Å². The van der Waals surface area contributed by atoms with Crippen molar-refractivity contribution < 1.29 is 23.8 Å². The Labute approximate surface area is 165 Å². The second-order valence-corrected chi connectivity index (χ2v) is 6.36. The van der Waals surface area contributed by atoms with Crippen LogP contribution in [0.15, 0.2) is 36.4 Å². The van der Waals surface area contributed by atoms with Gasteiger partial charge in [0, 0.05) is 31.8 Å². The SMILES string of the molecule is COc1cc(C(=O)Nc2cccc(CCC(=O)N(C)C)c2)cc(OC)c1OC. The van der Waals surface area contributed by atoms with Gasteiger partial charge in [-0.3, -0.25) is 9.59 Å². The lowest BCUT2D eigenvalue weighted by molar-refractivity contribution is -0.128. The topological polar surface area (TPSA) is 77.1 Å². The van der Waals surface area contributed by atoms with Crippen LogP contribution >= 0.6 is 0 Å². The third-order valence-corrected chi connectivity index (χ3v) is 4.24. The average Bonchev–Trinajstić information content (AvgIpc) is 2.70. The summed E-state index contributed by atoms with van der Waals surface area (Å²) < 4.78 is 15.9. The Hall–Kier alpha value is -3.22. The Bertz CT molecular complexity index is 823. The molecule has 0 aliphatic carbocycles. The van der Waals surface area contributed by atoms with Crippen LogP contribution in [0.4, 0.5) is 5.69 Å². The summed E-state index contributed by atoms with van der Waals surface area (Å²) in [6.45, 7) is 0. The Balaban J connectivity index is 2.17. The zero-order chi connectivity index (χ0) is 20.7. The number of hydrogen-bond acceptors (Lipinski definition) is 5. The van der Waals surface area contributed by atoms with E-state index in [-0.39, 0.29) is 11.8 Å². The maximum Gasteiger partial charge on any atom is 0.255 e. The predicted molar refractivity (Wildman–Crippen MR) is 108 cm³/mol. The number of methoxy groups -OCH3 is 3. The summed E-state index contributed by atoms with van der Waals surface area (Å²) in [6, 6.07) is 10.6. The van der Waals surface area contributed by atoms with E-state index in [0.717, 1.165) is 5.56 Å². The van der Waals surface area contributed by atoms with Crippen LogP contribution in [-0.4, -0.2) is 52.1 Å². The predicted octanol–water partition coefficient (Wildman–Crippen LogP) is 2.99. The summed E-state index contributed by atoms with van der Waals surface area (Å²) in [5.41, 5.74) is 1.99. The van der Waals surface area contributed by atoms with Crippen molar-refractivity contribution in [3.8, 4) is 17.2 Å². The highest BCUT2D eigenvalue weighted by Gasteiger charge is 2.17. The molecule has 7 heteroatoms. The van der Waals surface area contributed by atoms with Crippen molar-refractivity contribution in [2.24, 2.45) is 0 Å². The van der Waals surface area contributed by atoms with Crippen molar-refractivity contribution in [2.45, 2.75) is 12.8 Å². The van der Waals surface area contributed by atoms with E-state index in [4.69, 9.17) is 14.2 Å². The highest BCUT2D eigenvalue weighted by Crippen LogP contribution is 2.38. The van der Waals surface area contributed by atoms with Crippen molar-refractivity contribution in [1.82, 2.24) is 4.90 Å². The van der Waals surface area contributed by atoms with Gasteiger partial charge in [-0.1, -0.05) is 12.1 Å². The Morgan fingerprint density at radius 1 is 0.964 bits per heavy atom. The first-order valence-corrected chi connectivity index (χ1v) is 8.80. The highest BCUT2D eigenvalue weighted by atomic mass is 16.5. The van der Waals surface area contributed by atoms with Gasteiger partial charge in [0.1, 0.15) is 0 Å². The van der Waals surface area contributed by atoms with Crippen LogP contribution in [0.1, 0.15) is 22.3 Å². The van der Waals surface area contributed by atoms with Crippen molar-refractivity contribution in [1.29, 1.82) is 0 Å². The number of ether oxygens (including phenoxy) is 3. The van der Waals surface area contributed by atoms with Gasteiger partial charge in [-0.15, -0.1) is 0 Å². The molecule has 0 fully saturated rings. The first kappa shape index (κ1) is 21.1. The summed E-state index contributed by atoms with van der Waals surface area (Å²) in [5.74, 6) is 0.993. The number of nitrogens with zero attached hydrogens (tertiary/aromatic N) is 1. The maximum atomic E-state index is 12.7. The highest BCUT2D eigenvalue weighted by molar-refractivity contribution is 6.05. The molecule has 0 spiro atoms. The van der Waals surface area contributed by atoms with Gasteiger partial charge in [0.05, 0.1) is 21.3 Å². The standard InChI is InChI=1S/C21H26N2O5/c1-23(2)19(24)10-9-14-7-6-8-16(11-14)22-21(25)15-12-17(26-3)20(28-5)18(13-15)27-4/h6-8,11-13H,9-10H2,1-5H3,(H,22,25). The first-order valence-electron chi connectivity index (χ1n) is 8.80. The molecule has 0 saturated carbocycles. The third-order valence-electron chi connectivity index (χ3n) is 4.24. The zero-order valence-electron chi connectivity index (χ0n) is 16.9. The van der Waals surface area contributed by atoms with E-state index in [2.05, 4.69) is 5.32 Å². The number of rotatable bonds is 8. The van der Waals surface area contributed by atoms with Crippen LogP contribution < -0.4 is 19.5 Å². The van der Waals surface area contributed by atoms with E-state index < -0.39 is 0 Å². The summed E-state index contributed by atoms with van der Waals surface area (Å²) in [4.78, 5) is 26.0. The number of amides is 2. The van der Waals surface area contributed by atoms with Crippen LogP contribution in [0.25, 0.3) is 0 Å². The number of carbonyl (C=O) groups is 2. The quantitative estimate of drug-likeness (QED) is 0.755. The minimum absolute atomic E-state index is 0.0619. The molecule has 0 aliphatic rings. The Kier molecular flexibility index (Phi) is 7.26. The first-order chi connectivity index (χ1) is 13.4. The summed E-state index contributed by atoms with van der Waals surface area (Å²) in [5, 5.41) is 2.86. The molecular formula is C21H26N2O5. The molecule has 0 atom stereocenters. The van der Waals surface area contributed by atoms with E-state index in [1.807, 2.05) is 18.2 Å². The Morgan fingerprint density at radius 3 is 2.14 bits per heavy atom. The molecule has 2 aromatic rings. The number of nitrogens with one attached hydrogen (secondary N) is 1. The molecule has 0 radical (unpaired) electrons. The van der Waals surface area contributed by atoms with Gasteiger partial charge >= 0.3 is 0 Å². The molecule has 1 N–H and O–H groups in total. The van der Waals surface area contributed by atoms with Crippen LogP contribution in [-0.2, 0) is 11.2 Å². The van der Waals surface area contributed by atoms with Gasteiger partial charge in [0.2, 0.25) is 11.7 Å². The van der Waals surface area contributed by atoms with E-state index in [1.54, 1.807) is 37.2 Å². The van der Waals surface area contributed by atoms with E-state index >= 15 is 0 Å². The maximum absolute atomic E-state index is 12.7. The van der Waals surface area contributed by atoms with Gasteiger partial charge in [-0.05, 0) is 36.2 Å². The molecule has 0 bridgehead atoms. The van der Waals surface area contributed by atoms with Gasteiger partial charge < -0.3 is 24.4 Å². The summed E-state index contributed by atoms with van der Waals surface area (Å²) in [7, 11) is 7.97. The Morgan fingerprint density at radius 2 is 1.61 bits per heavy atom. The fourth-order valence-corrected chi connectivity index (χ4v) is 2.69. The van der Waals surface area contributed by atoms with Crippen LogP contribution in [0.2, 0.25) is 0 Å². The van der Waals surface area contributed by atoms with E-state index in [0.29, 0.717) is 41.3 Å². The van der Waals surface area contributed by atoms with Crippen molar-refractivity contribution in [2.75, 3.05) is 40.7 Å². The fraction of sp³-hybridized carbons (Fsp3) is 0.333. The minimum atomic E-state index is -0.305. The molecule has 7 nitrogen and oxygen atoms in total. The molecule has 0 aliphatic heterocycles. The van der Waals surface area contributed by atoms with E-state index in [9.17, 15) is 9.59 Å². The lowest BCUT2D eigenvalue weighted by Crippen LogP contribution is -2.21. The number of benzene rings is 2. The monoisotopic (exact) mass is 386 g/mol. The third kappa shape index (κ3) is 5.16. The summed E-state index contributed by atoms with van der Waals surface area (Å²) >= 11 is 0. The molecule has 2 rings (SSSR count). The lowest BCUT2D eigenvalue weighted by Gasteiger charge is -2.14. The average molecular weight is 386 g/mol. The number of hydrogen-bond donors (Lipinski definition) is 1. The molecular weight excluding hydrogens is 360 g/mol. The molecule has 2 amide bonds. The van der Waals surface area contributed by atoms with Gasteiger partial charge in [-0.25, -0.2) is 0 Å². The lowest BCUT2D eigenvalue weighted by atomic mass is 10.1. The normalized spacial score (nSPS) is 10.2. The van der Waals surface area contributed by atoms with Gasteiger partial charge in [0.25, 0.3) is 5.91 Å². The second kappa shape index (κ2) is 9.64. The molecule has 0 unspecified atom stereocenters. The molecule has 0 aromatic heterocycles. The van der Waals surface area contributed by atoms with Crippen LogP contribution in [0.3, 0.4) is 0 Å². The molecule has 0 saturated heterocycles. The molecule has 150 valence electrons. The van der Waals surface area contributed by atoms with Gasteiger partial charge in [0.15, 0.2) is 11.5 Å². The minimum Gasteiger partial charge on any atom is -0.493 e. The van der Waals surface area contributed by atoms with Gasteiger partial charge in [-0.2, -0.15) is 0 Å². The summed E-state index contributed by atoms with van der Waals surface area (Å²) in [6.07, 6.45) is 1.02. The number of carbonyl (C=O) groups excluding carboxylic acids is 2. The van der Waals surface area contributed by atoms with Crippen LogP contribution in [0.5, 0.6) is 17.2 Å². The van der Waals surface area contributed by atoms with Crippen molar-refractivity contribution >= 4 is 17.5 Å². The fourth-order valence-electron chi connectivity index (χ4n) is 2.69. The number of aryl methyl sites for hydroxylation is 1. The number of anilines is 1. The molecule has 0 heterocycles. The molecule has 28 heavy (non-hydrogen) atoms. The zero-order valence-corrected chi connectivity index (χ0v) is 16.9. The van der Waals surface area contributed by atoms with E-state index in [1.165, 1.54) is 21.3 Å². The largest absolute Gasteiger partial charge is 0.493 e. The van der Waals surface area contributed by atoms with Crippen molar-refractivity contribution in [3.05, 3.63) is 47.5 Å².